The van der Waals surface area contributed by atoms with E-state index in [9.17, 15) is 14.0 Å². The highest BCUT2D eigenvalue weighted by Gasteiger charge is 2.26. The van der Waals surface area contributed by atoms with Crippen LogP contribution in [0.15, 0.2) is 24.3 Å². The third-order valence-electron chi connectivity index (χ3n) is 2.85. The maximum atomic E-state index is 13.1. The molecule has 0 aromatic heterocycles. The van der Waals surface area contributed by atoms with E-state index in [1.807, 2.05) is 6.92 Å². The molecule has 1 N–H and O–H groups in total. The quantitative estimate of drug-likeness (QED) is 0.774. The molecule has 2 rings (SSSR count). The second-order valence-electron chi connectivity index (χ2n) is 4.11. The van der Waals surface area contributed by atoms with Crippen molar-refractivity contribution in [3.63, 3.8) is 0 Å². The highest BCUT2D eigenvalue weighted by atomic mass is 19.1. The van der Waals surface area contributed by atoms with Crippen LogP contribution in [0.3, 0.4) is 0 Å². The zero-order valence-electron chi connectivity index (χ0n) is 9.44. The van der Waals surface area contributed by atoms with Crippen LogP contribution in [0.1, 0.15) is 18.5 Å². The number of piperazine rings is 1. The van der Waals surface area contributed by atoms with Gasteiger partial charge in [0.25, 0.3) is 0 Å². The van der Waals surface area contributed by atoms with Crippen molar-refractivity contribution in [2.24, 2.45) is 0 Å². The summed E-state index contributed by atoms with van der Waals surface area (Å²) in [7, 11) is 0. The number of hydrogen-bond donors (Lipinski definition) is 1. The number of rotatable bonds is 2. The maximum absolute atomic E-state index is 13.1. The van der Waals surface area contributed by atoms with Gasteiger partial charge >= 0.3 is 0 Å². The number of imide groups is 1. The van der Waals surface area contributed by atoms with Crippen LogP contribution in [0.25, 0.3) is 0 Å². The van der Waals surface area contributed by atoms with Gasteiger partial charge < -0.3 is 0 Å². The zero-order chi connectivity index (χ0) is 12.4. The molecule has 2 amide bonds. The first-order chi connectivity index (χ1) is 8.06. The average Bonchev–Trinajstić information content (AvgIpc) is 2.26. The van der Waals surface area contributed by atoms with E-state index in [1.165, 1.54) is 12.1 Å². The molecule has 5 heteroatoms. The van der Waals surface area contributed by atoms with Crippen LogP contribution in [0.5, 0.6) is 0 Å². The molecule has 90 valence electrons. The molecule has 1 saturated heterocycles. The third-order valence-corrected chi connectivity index (χ3v) is 2.85. The van der Waals surface area contributed by atoms with Gasteiger partial charge in [0.1, 0.15) is 5.82 Å². The van der Waals surface area contributed by atoms with Gasteiger partial charge in [0, 0.05) is 6.04 Å². The maximum Gasteiger partial charge on any atom is 0.240 e. The summed E-state index contributed by atoms with van der Waals surface area (Å²) in [6, 6.07) is 6.02. The number of carbonyl (C=O) groups excluding carboxylic acids is 2. The average molecular weight is 236 g/mol. The van der Waals surface area contributed by atoms with Gasteiger partial charge in [0.05, 0.1) is 13.1 Å². The molecule has 1 atom stereocenters. The molecule has 1 heterocycles. The van der Waals surface area contributed by atoms with Gasteiger partial charge in [-0.2, -0.15) is 0 Å². The van der Waals surface area contributed by atoms with Crippen molar-refractivity contribution in [3.05, 3.63) is 35.6 Å². The molecule has 1 unspecified atom stereocenters. The predicted molar refractivity (Wildman–Crippen MR) is 59.5 cm³/mol. The Morgan fingerprint density at radius 1 is 1.29 bits per heavy atom. The molecule has 0 radical (unpaired) electrons. The zero-order valence-corrected chi connectivity index (χ0v) is 9.44. The summed E-state index contributed by atoms with van der Waals surface area (Å²) >= 11 is 0. The molecule has 4 nitrogen and oxygen atoms in total. The van der Waals surface area contributed by atoms with Crippen LogP contribution in [-0.4, -0.2) is 29.8 Å². The van der Waals surface area contributed by atoms with Crippen LogP contribution in [0.4, 0.5) is 4.39 Å². The van der Waals surface area contributed by atoms with Crippen LogP contribution in [0.2, 0.25) is 0 Å². The fourth-order valence-corrected chi connectivity index (χ4v) is 1.91. The highest BCUT2D eigenvalue weighted by Crippen LogP contribution is 2.21. The fraction of sp³-hybridized carbons (Fsp3) is 0.333. The van der Waals surface area contributed by atoms with Crippen LogP contribution in [-0.2, 0) is 9.59 Å². The Labute approximate surface area is 98.4 Å². The van der Waals surface area contributed by atoms with E-state index in [-0.39, 0.29) is 36.8 Å². The first-order valence-electron chi connectivity index (χ1n) is 5.38. The number of halogens is 1. The Hall–Kier alpha value is -1.75. The molecule has 1 aliphatic heterocycles. The second kappa shape index (κ2) is 4.63. The molecule has 0 spiro atoms. The van der Waals surface area contributed by atoms with Gasteiger partial charge in [0.2, 0.25) is 11.8 Å². The fourth-order valence-electron chi connectivity index (χ4n) is 1.91. The van der Waals surface area contributed by atoms with Crippen molar-refractivity contribution in [3.8, 4) is 0 Å². The number of carbonyl (C=O) groups is 2. The number of nitrogens with zero attached hydrogens (tertiary/aromatic N) is 1. The molecule has 1 aliphatic rings. The monoisotopic (exact) mass is 236 g/mol. The summed E-state index contributed by atoms with van der Waals surface area (Å²) in [5, 5.41) is 2.23. The Balaban J connectivity index is 2.16. The van der Waals surface area contributed by atoms with Crippen molar-refractivity contribution in [1.29, 1.82) is 0 Å². The lowest BCUT2D eigenvalue weighted by Crippen LogP contribution is -2.51. The lowest BCUT2D eigenvalue weighted by atomic mass is 10.1. The van der Waals surface area contributed by atoms with Gasteiger partial charge in [-0.1, -0.05) is 12.1 Å². The lowest BCUT2D eigenvalue weighted by Gasteiger charge is -2.31. The number of benzene rings is 1. The summed E-state index contributed by atoms with van der Waals surface area (Å²) < 4.78 is 13.1. The Morgan fingerprint density at radius 2 is 1.94 bits per heavy atom. The molecule has 0 bridgehead atoms. The van der Waals surface area contributed by atoms with Crippen LogP contribution >= 0.6 is 0 Å². The van der Waals surface area contributed by atoms with Crippen molar-refractivity contribution in [2.45, 2.75) is 13.0 Å². The Kier molecular flexibility index (Phi) is 3.19. The summed E-state index contributed by atoms with van der Waals surface area (Å²) in [4.78, 5) is 24.2. The van der Waals surface area contributed by atoms with Crippen molar-refractivity contribution < 1.29 is 14.0 Å². The van der Waals surface area contributed by atoms with E-state index in [0.29, 0.717) is 0 Å². The number of amides is 2. The molecule has 1 aromatic carbocycles. The number of nitrogens with one attached hydrogen (secondary N) is 1. The van der Waals surface area contributed by atoms with E-state index in [2.05, 4.69) is 5.32 Å². The van der Waals surface area contributed by atoms with Crippen molar-refractivity contribution in [2.75, 3.05) is 13.1 Å². The molecular weight excluding hydrogens is 223 g/mol. The van der Waals surface area contributed by atoms with E-state index < -0.39 is 0 Å². The molecule has 0 aliphatic carbocycles. The number of hydrogen-bond acceptors (Lipinski definition) is 3. The van der Waals surface area contributed by atoms with E-state index in [0.717, 1.165) is 5.56 Å². The summed E-state index contributed by atoms with van der Waals surface area (Å²) in [5.74, 6) is -0.948. The van der Waals surface area contributed by atoms with E-state index in [1.54, 1.807) is 17.0 Å². The summed E-state index contributed by atoms with van der Waals surface area (Å²) in [6.07, 6.45) is 0. The van der Waals surface area contributed by atoms with E-state index in [4.69, 9.17) is 0 Å². The van der Waals surface area contributed by atoms with Gasteiger partial charge in [-0.25, -0.2) is 4.39 Å². The highest BCUT2D eigenvalue weighted by molar-refractivity contribution is 5.99. The molecule has 17 heavy (non-hydrogen) atoms. The predicted octanol–water partition coefficient (Wildman–Crippen LogP) is 0.845. The molecule has 1 aromatic rings. The Bertz CT molecular complexity index is 446. The molecular formula is C12H13FN2O2. The van der Waals surface area contributed by atoms with Crippen LogP contribution in [0, 0.1) is 5.82 Å². The largest absolute Gasteiger partial charge is 0.294 e. The third kappa shape index (κ3) is 2.68. The lowest BCUT2D eigenvalue weighted by molar-refractivity contribution is -0.137. The van der Waals surface area contributed by atoms with Gasteiger partial charge in [-0.15, -0.1) is 0 Å². The first-order valence-corrected chi connectivity index (χ1v) is 5.38. The molecule has 0 saturated carbocycles. The first kappa shape index (κ1) is 11.7. The summed E-state index contributed by atoms with van der Waals surface area (Å²) in [5.41, 5.74) is 0.757. The van der Waals surface area contributed by atoms with E-state index >= 15 is 0 Å². The van der Waals surface area contributed by atoms with Crippen molar-refractivity contribution >= 4 is 11.8 Å². The minimum absolute atomic E-state index is 0.156. The van der Waals surface area contributed by atoms with Gasteiger partial charge in [0.15, 0.2) is 0 Å². The normalized spacial score (nSPS) is 18.9. The SMILES string of the molecule is CC(c1cccc(F)c1)N1CC(=O)NC(=O)C1. The van der Waals surface area contributed by atoms with Gasteiger partial charge in [-0.05, 0) is 24.6 Å². The topological polar surface area (TPSA) is 49.4 Å². The van der Waals surface area contributed by atoms with Gasteiger partial charge in [-0.3, -0.25) is 19.8 Å². The Morgan fingerprint density at radius 3 is 2.53 bits per heavy atom. The smallest absolute Gasteiger partial charge is 0.240 e. The summed E-state index contributed by atoms with van der Waals surface area (Å²) in [6.45, 7) is 2.16. The standard InChI is InChI=1S/C12H13FN2O2/c1-8(9-3-2-4-10(13)5-9)15-6-11(16)14-12(17)7-15/h2-5,8H,6-7H2,1H3,(H,14,16,17). The minimum atomic E-state index is -0.317. The van der Waals surface area contributed by atoms with Crippen molar-refractivity contribution in [1.82, 2.24) is 10.2 Å². The molecule has 1 fully saturated rings. The minimum Gasteiger partial charge on any atom is -0.294 e. The van der Waals surface area contributed by atoms with Crippen LogP contribution < -0.4 is 5.32 Å². The second-order valence-corrected chi connectivity index (χ2v) is 4.11.